The Morgan fingerprint density at radius 3 is 2.76 bits per heavy atom. The van der Waals surface area contributed by atoms with Crippen molar-refractivity contribution >= 4 is 32.4 Å². The monoisotopic (exact) mass is 303 g/mol. The first-order chi connectivity index (χ1) is 9.97. The molecule has 0 aliphatic heterocycles. The molecular formula is C13H13N5O2S. The Balaban J connectivity index is 2.01. The van der Waals surface area contributed by atoms with Crippen LogP contribution in [0.4, 0.5) is 11.5 Å². The number of hydrogen-bond donors (Lipinski definition) is 2. The SMILES string of the molecule is Cn1cnc(N)c1S(=O)(=O)Nc1ccc2ncccc2c1. The summed E-state index contributed by atoms with van der Waals surface area (Å²) >= 11 is 0. The fourth-order valence-electron chi connectivity index (χ4n) is 2.11. The molecule has 0 saturated heterocycles. The Morgan fingerprint density at radius 2 is 2.05 bits per heavy atom. The fourth-order valence-corrected chi connectivity index (χ4v) is 3.40. The minimum atomic E-state index is -3.79. The number of pyridine rings is 1. The number of aromatic nitrogens is 3. The second-order valence-corrected chi connectivity index (χ2v) is 6.16. The van der Waals surface area contributed by atoms with E-state index < -0.39 is 10.0 Å². The van der Waals surface area contributed by atoms with Crippen LogP contribution in [0, 0.1) is 0 Å². The lowest BCUT2D eigenvalue weighted by molar-refractivity contribution is 0.592. The third-order valence-corrected chi connectivity index (χ3v) is 4.53. The highest BCUT2D eigenvalue weighted by Crippen LogP contribution is 2.22. The quantitative estimate of drug-likeness (QED) is 0.760. The van der Waals surface area contributed by atoms with Gasteiger partial charge in [0.05, 0.1) is 11.8 Å². The summed E-state index contributed by atoms with van der Waals surface area (Å²) in [6.07, 6.45) is 3.04. The van der Waals surface area contributed by atoms with Gasteiger partial charge in [-0.3, -0.25) is 9.71 Å². The summed E-state index contributed by atoms with van der Waals surface area (Å²) in [6.45, 7) is 0. The number of aryl methyl sites for hydroxylation is 1. The molecule has 21 heavy (non-hydrogen) atoms. The van der Waals surface area contributed by atoms with E-state index in [-0.39, 0.29) is 10.8 Å². The van der Waals surface area contributed by atoms with Crippen LogP contribution in [0.5, 0.6) is 0 Å². The van der Waals surface area contributed by atoms with Gasteiger partial charge in [0.25, 0.3) is 10.0 Å². The summed E-state index contributed by atoms with van der Waals surface area (Å²) in [7, 11) is -2.22. The zero-order chi connectivity index (χ0) is 15.0. The van der Waals surface area contributed by atoms with Crippen molar-refractivity contribution in [2.75, 3.05) is 10.5 Å². The molecule has 3 rings (SSSR count). The number of nitrogens with two attached hydrogens (primary N) is 1. The van der Waals surface area contributed by atoms with Crippen molar-refractivity contribution in [1.82, 2.24) is 14.5 Å². The van der Waals surface area contributed by atoms with Gasteiger partial charge in [0, 0.05) is 24.3 Å². The number of benzene rings is 1. The van der Waals surface area contributed by atoms with Crippen molar-refractivity contribution in [3.63, 3.8) is 0 Å². The molecule has 0 saturated carbocycles. The maximum absolute atomic E-state index is 12.4. The molecule has 8 heteroatoms. The Bertz CT molecular complexity index is 898. The third-order valence-electron chi connectivity index (χ3n) is 3.02. The first-order valence-electron chi connectivity index (χ1n) is 6.12. The van der Waals surface area contributed by atoms with Crippen LogP contribution in [0.1, 0.15) is 0 Å². The largest absolute Gasteiger partial charge is 0.381 e. The smallest absolute Gasteiger partial charge is 0.281 e. The highest BCUT2D eigenvalue weighted by atomic mass is 32.2. The van der Waals surface area contributed by atoms with Crippen LogP contribution in [0.2, 0.25) is 0 Å². The topological polar surface area (TPSA) is 103 Å². The van der Waals surface area contributed by atoms with E-state index in [4.69, 9.17) is 5.73 Å². The van der Waals surface area contributed by atoms with Gasteiger partial charge in [-0.15, -0.1) is 0 Å². The molecule has 3 aromatic rings. The minimum absolute atomic E-state index is 0.0348. The second-order valence-electron chi connectivity index (χ2n) is 4.56. The fraction of sp³-hybridized carbons (Fsp3) is 0.0769. The third kappa shape index (κ3) is 2.40. The Labute approximate surface area is 121 Å². The average molecular weight is 303 g/mol. The number of imidazole rings is 1. The van der Waals surface area contributed by atoms with E-state index in [9.17, 15) is 8.42 Å². The second kappa shape index (κ2) is 4.74. The molecule has 0 atom stereocenters. The zero-order valence-electron chi connectivity index (χ0n) is 11.2. The van der Waals surface area contributed by atoms with Gasteiger partial charge in [0.1, 0.15) is 0 Å². The highest BCUT2D eigenvalue weighted by Gasteiger charge is 2.22. The van der Waals surface area contributed by atoms with Crippen LogP contribution in [-0.4, -0.2) is 23.0 Å². The Kier molecular flexibility index (Phi) is 3.02. The molecule has 1 aromatic carbocycles. The molecule has 0 bridgehead atoms. The van der Waals surface area contributed by atoms with Crippen molar-refractivity contribution in [2.45, 2.75) is 5.03 Å². The Hall–Kier alpha value is -2.61. The van der Waals surface area contributed by atoms with Gasteiger partial charge >= 0.3 is 0 Å². The van der Waals surface area contributed by atoms with E-state index in [0.29, 0.717) is 5.69 Å². The van der Waals surface area contributed by atoms with E-state index in [2.05, 4.69) is 14.7 Å². The maximum Gasteiger partial charge on any atom is 0.281 e. The molecule has 0 amide bonds. The van der Waals surface area contributed by atoms with Crippen LogP contribution in [0.25, 0.3) is 10.9 Å². The highest BCUT2D eigenvalue weighted by molar-refractivity contribution is 7.92. The van der Waals surface area contributed by atoms with E-state index in [1.807, 2.05) is 6.07 Å². The number of rotatable bonds is 3. The molecule has 0 unspecified atom stereocenters. The maximum atomic E-state index is 12.4. The predicted molar refractivity (Wildman–Crippen MR) is 80.2 cm³/mol. The van der Waals surface area contributed by atoms with E-state index in [1.165, 1.54) is 10.9 Å². The Morgan fingerprint density at radius 1 is 1.24 bits per heavy atom. The molecule has 0 radical (unpaired) electrons. The first kappa shape index (κ1) is 13.4. The van der Waals surface area contributed by atoms with Crippen LogP contribution in [-0.2, 0) is 17.1 Å². The molecule has 0 spiro atoms. The van der Waals surface area contributed by atoms with Gasteiger partial charge in [-0.1, -0.05) is 6.07 Å². The van der Waals surface area contributed by atoms with Crippen molar-refractivity contribution in [3.8, 4) is 0 Å². The van der Waals surface area contributed by atoms with Crippen LogP contribution in [0.3, 0.4) is 0 Å². The van der Waals surface area contributed by atoms with Gasteiger partial charge in [-0.2, -0.15) is 8.42 Å². The predicted octanol–water partition coefficient (Wildman–Crippen LogP) is 1.35. The average Bonchev–Trinajstić information content (AvgIpc) is 2.78. The molecule has 2 aromatic heterocycles. The van der Waals surface area contributed by atoms with Crippen LogP contribution < -0.4 is 10.5 Å². The summed E-state index contributed by atoms with van der Waals surface area (Å²) in [5.41, 5.74) is 6.84. The number of anilines is 2. The van der Waals surface area contributed by atoms with Gasteiger partial charge < -0.3 is 10.3 Å². The molecule has 0 aliphatic rings. The molecular weight excluding hydrogens is 290 g/mol. The summed E-state index contributed by atoms with van der Waals surface area (Å²) in [4.78, 5) is 7.97. The summed E-state index contributed by atoms with van der Waals surface area (Å²) < 4.78 is 28.6. The minimum Gasteiger partial charge on any atom is -0.381 e. The van der Waals surface area contributed by atoms with Crippen molar-refractivity contribution in [2.24, 2.45) is 7.05 Å². The van der Waals surface area contributed by atoms with Gasteiger partial charge in [0.15, 0.2) is 10.8 Å². The molecule has 0 fully saturated rings. The summed E-state index contributed by atoms with van der Waals surface area (Å²) in [6, 6.07) is 8.77. The molecule has 2 heterocycles. The lowest BCUT2D eigenvalue weighted by Crippen LogP contribution is -2.17. The number of nitrogens with one attached hydrogen (secondary N) is 1. The number of fused-ring (bicyclic) bond motifs is 1. The zero-order valence-corrected chi connectivity index (χ0v) is 12.0. The standard InChI is InChI=1S/C13H13N5O2S/c1-18-8-16-12(14)13(18)21(19,20)17-10-4-5-11-9(7-10)3-2-6-15-11/h2-8,17H,14H2,1H3. The van der Waals surface area contributed by atoms with Crippen LogP contribution >= 0.6 is 0 Å². The van der Waals surface area contributed by atoms with Gasteiger partial charge in [-0.25, -0.2) is 4.98 Å². The van der Waals surface area contributed by atoms with Crippen LogP contribution in [0.15, 0.2) is 47.9 Å². The van der Waals surface area contributed by atoms with E-state index >= 15 is 0 Å². The molecule has 0 aliphatic carbocycles. The van der Waals surface area contributed by atoms with Crippen molar-refractivity contribution in [3.05, 3.63) is 42.9 Å². The lowest BCUT2D eigenvalue weighted by Gasteiger charge is -2.09. The first-order valence-corrected chi connectivity index (χ1v) is 7.60. The molecule has 7 nitrogen and oxygen atoms in total. The number of nitrogens with zero attached hydrogens (tertiary/aromatic N) is 3. The van der Waals surface area contributed by atoms with E-state index in [0.717, 1.165) is 10.9 Å². The number of sulfonamides is 1. The van der Waals surface area contributed by atoms with E-state index in [1.54, 1.807) is 37.5 Å². The lowest BCUT2D eigenvalue weighted by atomic mass is 10.2. The van der Waals surface area contributed by atoms with Crippen molar-refractivity contribution < 1.29 is 8.42 Å². The van der Waals surface area contributed by atoms with Crippen molar-refractivity contribution in [1.29, 1.82) is 0 Å². The molecule has 3 N–H and O–H groups in total. The summed E-state index contributed by atoms with van der Waals surface area (Å²) in [5.74, 6) is -0.0348. The number of nitrogen functional groups attached to an aromatic ring is 1. The van der Waals surface area contributed by atoms with Gasteiger partial charge in [-0.05, 0) is 24.3 Å². The number of hydrogen-bond acceptors (Lipinski definition) is 5. The normalized spacial score (nSPS) is 11.7. The summed E-state index contributed by atoms with van der Waals surface area (Å²) in [5, 5.41) is 0.782. The molecule has 108 valence electrons. The van der Waals surface area contributed by atoms with Gasteiger partial charge in [0.2, 0.25) is 0 Å².